The van der Waals surface area contributed by atoms with Crippen LogP contribution in [0, 0.1) is 0 Å². The van der Waals surface area contributed by atoms with Crippen LogP contribution in [0.1, 0.15) is 28.9 Å². The summed E-state index contributed by atoms with van der Waals surface area (Å²) in [6, 6.07) is 4.92. The fourth-order valence-corrected chi connectivity index (χ4v) is 4.80. The number of anilines is 2. The zero-order chi connectivity index (χ0) is 16.8. The number of hydrogen-bond donors (Lipinski definition) is 0. The van der Waals surface area contributed by atoms with Gasteiger partial charge < -0.3 is 9.80 Å². The second kappa shape index (κ2) is 6.12. The molecule has 3 aliphatic rings. The molecule has 0 spiro atoms. The molecule has 0 aromatic carbocycles. The third-order valence-electron chi connectivity index (χ3n) is 5.59. The summed E-state index contributed by atoms with van der Waals surface area (Å²) in [5.74, 6) is 4.24. The zero-order valence-corrected chi connectivity index (χ0v) is 15.3. The van der Waals surface area contributed by atoms with Crippen molar-refractivity contribution in [3.8, 4) is 0 Å². The Morgan fingerprint density at radius 1 is 1.00 bits per heavy atom. The summed E-state index contributed by atoms with van der Waals surface area (Å²) in [5.41, 5.74) is 5.12. The molecule has 0 radical (unpaired) electrons. The van der Waals surface area contributed by atoms with Crippen molar-refractivity contribution in [2.75, 3.05) is 35.7 Å². The van der Waals surface area contributed by atoms with Gasteiger partial charge >= 0.3 is 0 Å². The zero-order valence-electron chi connectivity index (χ0n) is 14.5. The first-order valence-electron chi connectivity index (χ1n) is 9.04. The van der Waals surface area contributed by atoms with Crippen LogP contribution >= 0.6 is 11.8 Å². The van der Waals surface area contributed by atoms with Crippen LogP contribution in [0.25, 0.3) is 0 Å². The summed E-state index contributed by atoms with van der Waals surface area (Å²) >= 11 is 1.98. The van der Waals surface area contributed by atoms with E-state index in [0.717, 1.165) is 55.5 Å². The minimum atomic E-state index is 0.457. The molecule has 1 fully saturated rings. The average Bonchev–Trinajstić information content (AvgIpc) is 3.08. The van der Waals surface area contributed by atoms with Crippen molar-refractivity contribution in [2.24, 2.45) is 0 Å². The van der Waals surface area contributed by atoms with Crippen molar-refractivity contribution in [2.45, 2.75) is 37.5 Å². The van der Waals surface area contributed by atoms with Crippen LogP contribution in [-0.4, -0.2) is 52.3 Å². The molecule has 130 valence electrons. The lowest BCUT2D eigenvalue weighted by Gasteiger charge is -2.44. The molecule has 25 heavy (non-hydrogen) atoms. The number of thioether (sulfide) groups is 1. The number of hydrogen-bond acceptors (Lipinski definition) is 7. The SMILES string of the molecule is CN(c1cc2c(nn1)CCSC2)C1CN(c2cc3c(nn2)CCC3)C1. The number of likely N-dealkylation sites (N-methyl/N-ethyl adjacent to an activating group) is 1. The number of fused-ring (bicyclic) bond motifs is 2. The molecule has 0 atom stereocenters. The van der Waals surface area contributed by atoms with E-state index < -0.39 is 0 Å². The maximum absolute atomic E-state index is 4.46. The molecule has 1 aliphatic carbocycles. The van der Waals surface area contributed by atoms with Crippen LogP contribution in [0.15, 0.2) is 12.1 Å². The van der Waals surface area contributed by atoms with Crippen LogP contribution in [0.3, 0.4) is 0 Å². The molecule has 2 aromatic heterocycles. The molecular formula is C18H22N6S. The van der Waals surface area contributed by atoms with Crippen molar-refractivity contribution in [3.63, 3.8) is 0 Å². The number of nitrogens with zero attached hydrogens (tertiary/aromatic N) is 6. The normalized spacial score (nSPS) is 19.3. The fourth-order valence-electron chi connectivity index (χ4n) is 3.85. The Labute approximate surface area is 152 Å². The number of aromatic nitrogens is 4. The maximum Gasteiger partial charge on any atom is 0.151 e. The number of rotatable bonds is 3. The number of aryl methyl sites for hydroxylation is 3. The first-order chi connectivity index (χ1) is 12.3. The highest BCUT2D eigenvalue weighted by atomic mass is 32.2. The maximum atomic E-state index is 4.46. The smallest absolute Gasteiger partial charge is 0.151 e. The molecule has 0 saturated carbocycles. The molecule has 2 aliphatic heterocycles. The topological polar surface area (TPSA) is 58.0 Å². The molecule has 0 amide bonds. The van der Waals surface area contributed by atoms with Crippen LogP contribution in [0.2, 0.25) is 0 Å². The summed E-state index contributed by atoms with van der Waals surface area (Å²) in [7, 11) is 2.13. The summed E-state index contributed by atoms with van der Waals surface area (Å²) in [5, 5.41) is 17.7. The van der Waals surface area contributed by atoms with Gasteiger partial charge in [0.1, 0.15) is 0 Å². The molecular weight excluding hydrogens is 332 g/mol. The third kappa shape index (κ3) is 2.74. The Morgan fingerprint density at radius 2 is 1.84 bits per heavy atom. The molecule has 6 nitrogen and oxygen atoms in total. The van der Waals surface area contributed by atoms with E-state index in [9.17, 15) is 0 Å². The molecule has 1 saturated heterocycles. The van der Waals surface area contributed by atoms with Crippen molar-refractivity contribution >= 4 is 23.4 Å². The highest BCUT2D eigenvalue weighted by Gasteiger charge is 2.33. The Kier molecular flexibility index (Phi) is 3.77. The van der Waals surface area contributed by atoms with Crippen LogP contribution in [0.5, 0.6) is 0 Å². The molecule has 0 bridgehead atoms. The minimum Gasteiger partial charge on any atom is -0.352 e. The van der Waals surface area contributed by atoms with E-state index in [2.05, 4.69) is 49.4 Å². The highest BCUT2D eigenvalue weighted by Crippen LogP contribution is 2.29. The van der Waals surface area contributed by atoms with Gasteiger partial charge in [-0.2, -0.15) is 22.0 Å². The predicted octanol–water partition coefficient (Wildman–Crippen LogP) is 1.87. The molecule has 2 aromatic rings. The van der Waals surface area contributed by atoms with Gasteiger partial charge in [-0.05, 0) is 48.3 Å². The Bertz CT molecular complexity index is 804. The molecule has 7 heteroatoms. The molecule has 0 unspecified atom stereocenters. The van der Waals surface area contributed by atoms with Gasteiger partial charge in [-0.15, -0.1) is 10.2 Å². The second-order valence-electron chi connectivity index (χ2n) is 7.17. The van der Waals surface area contributed by atoms with Crippen LogP contribution in [0.4, 0.5) is 11.6 Å². The Hall–Kier alpha value is -1.89. The lowest BCUT2D eigenvalue weighted by Crippen LogP contribution is -2.59. The minimum absolute atomic E-state index is 0.457. The Balaban J connectivity index is 1.27. The summed E-state index contributed by atoms with van der Waals surface area (Å²) in [6.45, 7) is 1.94. The van der Waals surface area contributed by atoms with E-state index in [0.29, 0.717) is 6.04 Å². The molecule has 4 heterocycles. The second-order valence-corrected chi connectivity index (χ2v) is 8.28. The van der Waals surface area contributed by atoms with E-state index in [4.69, 9.17) is 0 Å². The van der Waals surface area contributed by atoms with Gasteiger partial charge in [-0.25, -0.2) is 0 Å². The van der Waals surface area contributed by atoms with Crippen molar-refractivity contribution in [1.82, 2.24) is 20.4 Å². The van der Waals surface area contributed by atoms with Gasteiger partial charge in [0, 0.05) is 32.3 Å². The van der Waals surface area contributed by atoms with E-state index >= 15 is 0 Å². The largest absolute Gasteiger partial charge is 0.352 e. The van der Waals surface area contributed by atoms with Gasteiger partial charge in [0.2, 0.25) is 0 Å². The first kappa shape index (κ1) is 15.4. The quantitative estimate of drug-likeness (QED) is 0.834. The fraction of sp³-hybridized carbons (Fsp3) is 0.556. The van der Waals surface area contributed by atoms with Crippen LogP contribution in [-0.2, 0) is 25.0 Å². The van der Waals surface area contributed by atoms with Crippen molar-refractivity contribution in [3.05, 3.63) is 34.6 Å². The molecule has 0 N–H and O–H groups in total. The first-order valence-corrected chi connectivity index (χ1v) is 10.2. The van der Waals surface area contributed by atoms with Gasteiger partial charge in [-0.1, -0.05) is 0 Å². The standard InChI is InChI=1S/C18H22N6S/c1-23(17-8-13-11-25-6-5-16(13)20-21-17)14-9-24(10-14)18-7-12-3-2-4-15(12)19-22-18/h7-8,14H,2-6,9-11H2,1H3. The van der Waals surface area contributed by atoms with Crippen LogP contribution < -0.4 is 9.80 Å². The molecule has 5 rings (SSSR count). The van der Waals surface area contributed by atoms with Gasteiger partial charge in [0.25, 0.3) is 0 Å². The van der Waals surface area contributed by atoms with Gasteiger partial charge in [0.05, 0.1) is 17.4 Å². The summed E-state index contributed by atoms with van der Waals surface area (Å²) in [6.07, 6.45) is 4.50. The van der Waals surface area contributed by atoms with Gasteiger partial charge in [-0.3, -0.25) is 0 Å². The van der Waals surface area contributed by atoms with Crippen molar-refractivity contribution in [1.29, 1.82) is 0 Å². The van der Waals surface area contributed by atoms with E-state index in [1.165, 1.54) is 28.9 Å². The van der Waals surface area contributed by atoms with E-state index in [-0.39, 0.29) is 0 Å². The summed E-state index contributed by atoms with van der Waals surface area (Å²) < 4.78 is 0. The summed E-state index contributed by atoms with van der Waals surface area (Å²) in [4.78, 5) is 4.58. The Morgan fingerprint density at radius 3 is 2.76 bits per heavy atom. The highest BCUT2D eigenvalue weighted by molar-refractivity contribution is 7.98. The average molecular weight is 354 g/mol. The van der Waals surface area contributed by atoms with Crippen molar-refractivity contribution < 1.29 is 0 Å². The lowest BCUT2D eigenvalue weighted by atomic mass is 10.1. The van der Waals surface area contributed by atoms with E-state index in [1.54, 1.807) is 0 Å². The predicted molar refractivity (Wildman–Crippen MR) is 100 cm³/mol. The van der Waals surface area contributed by atoms with Gasteiger partial charge in [0.15, 0.2) is 11.6 Å². The monoisotopic (exact) mass is 354 g/mol. The van der Waals surface area contributed by atoms with E-state index in [1.807, 2.05) is 11.8 Å². The third-order valence-corrected chi connectivity index (χ3v) is 6.60. The lowest BCUT2D eigenvalue weighted by molar-refractivity contribution is 0.486.